The average molecular weight is 181 g/mol. The van der Waals surface area contributed by atoms with Gasteiger partial charge >= 0.3 is 6.03 Å². The van der Waals surface area contributed by atoms with Crippen LogP contribution in [0.2, 0.25) is 0 Å². The SMILES string of the molecule is CCCNC(=O)CC1=NC(=O)N=C1. The van der Waals surface area contributed by atoms with Crippen LogP contribution < -0.4 is 5.32 Å². The molecular weight excluding hydrogens is 170 g/mol. The Kier molecular flexibility index (Phi) is 3.31. The zero-order valence-corrected chi connectivity index (χ0v) is 7.41. The van der Waals surface area contributed by atoms with Gasteiger partial charge in [-0.25, -0.2) is 4.79 Å². The molecule has 70 valence electrons. The fraction of sp³-hybridized carbons (Fsp3) is 0.500. The van der Waals surface area contributed by atoms with Gasteiger partial charge in [0.05, 0.1) is 18.3 Å². The number of nitrogens with one attached hydrogen (secondary N) is 1. The third-order valence-corrected chi connectivity index (χ3v) is 1.48. The van der Waals surface area contributed by atoms with Gasteiger partial charge in [-0.1, -0.05) is 6.92 Å². The van der Waals surface area contributed by atoms with Crippen molar-refractivity contribution in [1.29, 1.82) is 0 Å². The number of carbonyl (C=O) groups is 2. The van der Waals surface area contributed by atoms with Crippen molar-refractivity contribution in [3.63, 3.8) is 0 Å². The third kappa shape index (κ3) is 3.14. The molecular formula is C8H11N3O2. The minimum atomic E-state index is -0.529. The fourth-order valence-corrected chi connectivity index (χ4v) is 0.887. The summed E-state index contributed by atoms with van der Waals surface area (Å²) < 4.78 is 0. The molecule has 1 aliphatic rings. The average Bonchev–Trinajstić information content (AvgIpc) is 2.48. The van der Waals surface area contributed by atoms with E-state index < -0.39 is 6.03 Å². The number of hydrogen-bond acceptors (Lipinski definition) is 2. The second-order valence-corrected chi connectivity index (χ2v) is 2.67. The van der Waals surface area contributed by atoms with Gasteiger partial charge in [-0.15, -0.1) is 0 Å². The molecule has 0 aromatic carbocycles. The molecule has 1 aliphatic heterocycles. The Morgan fingerprint density at radius 1 is 1.62 bits per heavy atom. The van der Waals surface area contributed by atoms with E-state index in [9.17, 15) is 9.59 Å². The van der Waals surface area contributed by atoms with Crippen molar-refractivity contribution in [2.45, 2.75) is 19.8 Å². The van der Waals surface area contributed by atoms with Crippen LogP contribution in [-0.2, 0) is 4.79 Å². The summed E-state index contributed by atoms with van der Waals surface area (Å²) in [7, 11) is 0. The molecule has 0 unspecified atom stereocenters. The molecule has 1 heterocycles. The Hall–Kier alpha value is -1.52. The first kappa shape index (κ1) is 9.57. The van der Waals surface area contributed by atoms with Crippen LogP contribution in [0.4, 0.5) is 4.79 Å². The van der Waals surface area contributed by atoms with Crippen LogP contribution in [0.5, 0.6) is 0 Å². The third-order valence-electron chi connectivity index (χ3n) is 1.48. The molecule has 0 atom stereocenters. The van der Waals surface area contributed by atoms with Crippen molar-refractivity contribution in [3.05, 3.63) is 0 Å². The first-order chi connectivity index (χ1) is 6.22. The first-order valence-corrected chi connectivity index (χ1v) is 4.14. The van der Waals surface area contributed by atoms with Crippen molar-refractivity contribution in [2.75, 3.05) is 6.54 Å². The maximum absolute atomic E-state index is 11.1. The summed E-state index contributed by atoms with van der Waals surface area (Å²) in [5.74, 6) is -0.123. The molecule has 5 heteroatoms. The summed E-state index contributed by atoms with van der Waals surface area (Å²) in [4.78, 5) is 28.6. The van der Waals surface area contributed by atoms with E-state index in [4.69, 9.17) is 0 Å². The van der Waals surface area contributed by atoms with Crippen LogP contribution in [0.1, 0.15) is 19.8 Å². The van der Waals surface area contributed by atoms with Crippen LogP contribution in [0, 0.1) is 0 Å². The van der Waals surface area contributed by atoms with E-state index in [2.05, 4.69) is 15.3 Å². The second-order valence-electron chi connectivity index (χ2n) is 2.67. The van der Waals surface area contributed by atoms with Gasteiger partial charge in [-0.2, -0.15) is 9.98 Å². The van der Waals surface area contributed by atoms with E-state index in [0.717, 1.165) is 6.42 Å². The summed E-state index contributed by atoms with van der Waals surface area (Å²) >= 11 is 0. The Balaban J connectivity index is 2.33. The van der Waals surface area contributed by atoms with E-state index in [0.29, 0.717) is 12.3 Å². The van der Waals surface area contributed by atoms with E-state index in [1.807, 2.05) is 6.92 Å². The number of aliphatic imine (C=N–C) groups is 2. The minimum absolute atomic E-state index is 0.123. The molecule has 0 spiro atoms. The normalized spacial score (nSPS) is 14.5. The van der Waals surface area contributed by atoms with Crippen molar-refractivity contribution in [3.8, 4) is 0 Å². The minimum Gasteiger partial charge on any atom is -0.356 e. The maximum atomic E-state index is 11.1. The zero-order valence-electron chi connectivity index (χ0n) is 7.41. The van der Waals surface area contributed by atoms with Crippen LogP contribution in [0.25, 0.3) is 0 Å². The van der Waals surface area contributed by atoms with Crippen LogP contribution >= 0.6 is 0 Å². The van der Waals surface area contributed by atoms with Gasteiger partial charge < -0.3 is 5.32 Å². The van der Waals surface area contributed by atoms with Gasteiger partial charge in [0.2, 0.25) is 5.91 Å². The molecule has 3 amide bonds. The fourth-order valence-electron chi connectivity index (χ4n) is 0.887. The topological polar surface area (TPSA) is 70.9 Å². The Labute approximate surface area is 76.0 Å². The van der Waals surface area contributed by atoms with Gasteiger partial charge in [0, 0.05) is 6.54 Å². The molecule has 0 fully saturated rings. The lowest BCUT2D eigenvalue weighted by Crippen LogP contribution is -2.26. The zero-order chi connectivity index (χ0) is 9.68. The summed E-state index contributed by atoms with van der Waals surface area (Å²) in [5.41, 5.74) is 0.429. The van der Waals surface area contributed by atoms with Crippen LogP contribution in [-0.4, -0.2) is 30.4 Å². The highest BCUT2D eigenvalue weighted by molar-refractivity contribution is 6.40. The highest BCUT2D eigenvalue weighted by atomic mass is 16.2. The van der Waals surface area contributed by atoms with E-state index in [-0.39, 0.29) is 12.3 Å². The summed E-state index contributed by atoms with van der Waals surface area (Å²) in [6.45, 7) is 2.62. The predicted molar refractivity (Wildman–Crippen MR) is 49.2 cm³/mol. The maximum Gasteiger partial charge on any atom is 0.367 e. The molecule has 0 aromatic rings. The van der Waals surface area contributed by atoms with Crippen LogP contribution in [0.3, 0.4) is 0 Å². The monoisotopic (exact) mass is 181 g/mol. The highest BCUT2D eigenvalue weighted by Gasteiger charge is 2.11. The summed E-state index contributed by atoms with van der Waals surface area (Å²) in [6.07, 6.45) is 2.36. The van der Waals surface area contributed by atoms with E-state index >= 15 is 0 Å². The first-order valence-electron chi connectivity index (χ1n) is 4.14. The number of rotatable bonds is 4. The molecule has 1 rings (SSSR count). The predicted octanol–water partition coefficient (Wildman–Crippen LogP) is 0.548. The molecule has 0 aliphatic carbocycles. The van der Waals surface area contributed by atoms with E-state index in [1.165, 1.54) is 6.21 Å². The summed E-state index contributed by atoms with van der Waals surface area (Å²) in [6, 6.07) is -0.529. The number of hydrogen-bond donors (Lipinski definition) is 1. The van der Waals surface area contributed by atoms with Crippen molar-refractivity contribution in [2.24, 2.45) is 9.98 Å². The Morgan fingerprint density at radius 2 is 2.38 bits per heavy atom. The molecule has 0 aromatic heterocycles. The quantitative estimate of drug-likeness (QED) is 0.687. The number of urea groups is 1. The smallest absolute Gasteiger partial charge is 0.356 e. The van der Waals surface area contributed by atoms with Gasteiger partial charge in [-0.3, -0.25) is 4.79 Å². The largest absolute Gasteiger partial charge is 0.367 e. The molecule has 5 nitrogen and oxygen atoms in total. The molecule has 0 saturated heterocycles. The Morgan fingerprint density at radius 3 is 2.92 bits per heavy atom. The molecule has 0 saturated carbocycles. The summed E-state index contributed by atoms with van der Waals surface area (Å²) in [5, 5.41) is 2.68. The molecule has 0 radical (unpaired) electrons. The highest BCUT2D eigenvalue weighted by Crippen LogP contribution is 1.96. The van der Waals surface area contributed by atoms with Gasteiger partial charge in [0.25, 0.3) is 0 Å². The van der Waals surface area contributed by atoms with Crippen LogP contribution in [0.15, 0.2) is 9.98 Å². The standard InChI is InChI=1S/C8H11N3O2/c1-2-3-9-7(12)4-6-5-10-8(13)11-6/h5H,2-4H2,1H3,(H,9,12). The van der Waals surface area contributed by atoms with Gasteiger partial charge in [0.15, 0.2) is 0 Å². The number of amides is 3. The van der Waals surface area contributed by atoms with Crippen molar-refractivity contribution in [1.82, 2.24) is 5.32 Å². The lowest BCUT2D eigenvalue weighted by atomic mass is 10.3. The lowest BCUT2D eigenvalue weighted by Gasteiger charge is -2.00. The Bertz CT molecular complexity index is 281. The van der Waals surface area contributed by atoms with Crippen molar-refractivity contribution >= 4 is 23.9 Å². The van der Waals surface area contributed by atoms with Crippen molar-refractivity contribution < 1.29 is 9.59 Å². The number of carbonyl (C=O) groups excluding carboxylic acids is 2. The molecule has 0 bridgehead atoms. The van der Waals surface area contributed by atoms with Gasteiger partial charge in [0.1, 0.15) is 0 Å². The molecule has 1 N–H and O–H groups in total. The van der Waals surface area contributed by atoms with Gasteiger partial charge in [-0.05, 0) is 6.42 Å². The number of nitrogens with zero attached hydrogens (tertiary/aromatic N) is 2. The van der Waals surface area contributed by atoms with E-state index in [1.54, 1.807) is 0 Å². The lowest BCUT2D eigenvalue weighted by molar-refractivity contribution is -0.119. The molecule has 13 heavy (non-hydrogen) atoms. The second kappa shape index (κ2) is 4.49.